The van der Waals surface area contributed by atoms with Crippen molar-refractivity contribution >= 4 is 6.29 Å². The Balaban J connectivity index is 2.60. The second-order valence-electron chi connectivity index (χ2n) is 3.39. The van der Waals surface area contributed by atoms with E-state index in [-0.39, 0.29) is 24.4 Å². The van der Waals surface area contributed by atoms with Crippen molar-refractivity contribution in [3.8, 4) is 0 Å². The highest BCUT2D eigenvalue weighted by molar-refractivity contribution is 5.54. The maximum Gasteiger partial charge on any atom is 0.155 e. The van der Waals surface area contributed by atoms with Crippen molar-refractivity contribution < 1.29 is 14.3 Å². The van der Waals surface area contributed by atoms with Crippen molar-refractivity contribution in [2.75, 3.05) is 0 Å². The molecule has 70 valence electrons. The van der Waals surface area contributed by atoms with Gasteiger partial charge in [-0.05, 0) is 27.2 Å². The van der Waals surface area contributed by atoms with E-state index in [0.717, 1.165) is 12.7 Å². The Labute approximate surface area is 73.0 Å². The minimum Gasteiger partial charge on any atom is -0.350 e. The quantitative estimate of drug-likeness (QED) is 0.560. The zero-order valence-electron chi connectivity index (χ0n) is 7.82. The summed E-state index contributed by atoms with van der Waals surface area (Å²) in [5, 5.41) is 0. The van der Waals surface area contributed by atoms with Gasteiger partial charge in [-0.2, -0.15) is 0 Å². The van der Waals surface area contributed by atoms with Crippen molar-refractivity contribution in [1.29, 1.82) is 0 Å². The largest absolute Gasteiger partial charge is 0.350 e. The first kappa shape index (κ1) is 9.68. The van der Waals surface area contributed by atoms with Gasteiger partial charge in [-0.1, -0.05) is 0 Å². The minimum absolute atomic E-state index is 0.0232. The molecule has 0 aromatic rings. The molecule has 3 nitrogen and oxygen atoms in total. The van der Waals surface area contributed by atoms with E-state index in [1.165, 1.54) is 0 Å². The van der Waals surface area contributed by atoms with Gasteiger partial charge in [0, 0.05) is 5.92 Å². The molecule has 0 aromatic heterocycles. The van der Waals surface area contributed by atoms with Crippen LogP contribution in [-0.2, 0) is 14.3 Å². The van der Waals surface area contributed by atoms with Crippen LogP contribution in [-0.4, -0.2) is 24.8 Å². The molecule has 0 saturated carbocycles. The predicted molar refractivity (Wildman–Crippen MR) is 44.7 cm³/mol. The Bertz CT molecular complexity index is 158. The zero-order valence-corrected chi connectivity index (χ0v) is 7.82. The summed E-state index contributed by atoms with van der Waals surface area (Å²) < 4.78 is 10.9. The van der Waals surface area contributed by atoms with Gasteiger partial charge >= 0.3 is 0 Å². The fourth-order valence-corrected chi connectivity index (χ4v) is 1.56. The first-order valence-electron chi connectivity index (χ1n) is 4.39. The van der Waals surface area contributed by atoms with E-state index in [2.05, 4.69) is 0 Å². The summed E-state index contributed by atoms with van der Waals surface area (Å²) in [6.07, 6.45) is 1.61. The molecule has 0 bridgehead atoms. The van der Waals surface area contributed by atoms with Crippen molar-refractivity contribution in [2.45, 2.75) is 45.7 Å². The van der Waals surface area contributed by atoms with Crippen LogP contribution in [0.2, 0.25) is 0 Å². The van der Waals surface area contributed by atoms with E-state index >= 15 is 0 Å². The number of ether oxygens (including phenoxy) is 2. The highest BCUT2D eigenvalue weighted by Gasteiger charge is 2.27. The summed E-state index contributed by atoms with van der Waals surface area (Å²) in [7, 11) is 0. The van der Waals surface area contributed by atoms with Gasteiger partial charge in [0.05, 0.1) is 12.2 Å². The standard InChI is InChI=1S/C9H16O3/c1-6-4-9(5-10)7(2)12-8(3)11-6/h5-9H,4H2,1-3H3. The van der Waals surface area contributed by atoms with Gasteiger partial charge in [0.1, 0.15) is 6.29 Å². The summed E-state index contributed by atoms with van der Waals surface area (Å²) in [6.45, 7) is 5.74. The molecule has 1 aliphatic rings. The summed E-state index contributed by atoms with van der Waals surface area (Å²) in [4.78, 5) is 10.6. The van der Waals surface area contributed by atoms with Crippen molar-refractivity contribution in [3.05, 3.63) is 0 Å². The van der Waals surface area contributed by atoms with E-state index in [1.54, 1.807) is 0 Å². The molecule has 0 aliphatic carbocycles. The normalized spacial score (nSPS) is 43.6. The summed E-state index contributed by atoms with van der Waals surface area (Å²) >= 11 is 0. The van der Waals surface area contributed by atoms with Gasteiger partial charge in [-0.15, -0.1) is 0 Å². The Kier molecular flexibility index (Phi) is 3.23. The predicted octanol–water partition coefficient (Wildman–Crippen LogP) is 1.36. The summed E-state index contributed by atoms with van der Waals surface area (Å²) in [5.74, 6) is -0.0232. The fourth-order valence-electron chi connectivity index (χ4n) is 1.56. The third kappa shape index (κ3) is 2.29. The lowest BCUT2D eigenvalue weighted by Gasteiger charge is -2.16. The number of hydrogen-bond acceptors (Lipinski definition) is 3. The number of carbonyl (C=O) groups excluding carboxylic acids is 1. The number of rotatable bonds is 1. The van der Waals surface area contributed by atoms with Gasteiger partial charge in [0.15, 0.2) is 6.29 Å². The highest BCUT2D eigenvalue weighted by Crippen LogP contribution is 2.21. The maximum atomic E-state index is 10.6. The van der Waals surface area contributed by atoms with Crippen LogP contribution in [0.25, 0.3) is 0 Å². The lowest BCUT2D eigenvalue weighted by atomic mass is 9.99. The smallest absolute Gasteiger partial charge is 0.155 e. The molecule has 4 atom stereocenters. The molecule has 0 spiro atoms. The van der Waals surface area contributed by atoms with Gasteiger partial charge in [-0.25, -0.2) is 0 Å². The number of carbonyl (C=O) groups is 1. The molecule has 1 fully saturated rings. The van der Waals surface area contributed by atoms with Gasteiger partial charge in [0.2, 0.25) is 0 Å². The lowest BCUT2D eigenvalue weighted by molar-refractivity contribution is -0.160. The monoisotopic (exact) mass is 172 g/mol. The second-order valence-corrected chi connectivity index (χ2v) is 3.39. The maximum absolute atomic E-state index is 10.6. The van der Waals surface area contributed by atoms with Crippen LogP contribution in [0.5, 0.6) is 0 Å². The zero-order chi connectivity index (χ0) is 9.14. The molecular weight excluding hydrogens is 156 g/mol. The van der Waals surface area contributed by atoms with E-state index in [9.17, 15) is 4.79 Å². The Morgan fingerprint density at radius 1 is 1.25 bits per heavy atom. The molecule has 0 radical (unpaired) electrons. The molecule has 1 saturated heterocycles. The van der Waals surface area contributed by atoms with E-state index < -0.39 is 0 Å². The summed E-state index contributed by atoms with van der Waals surface area (Å²) in [5.41, 5.74) is 0. The fraction of sp³-hybridized carbons (Fsp3) is 0.889. The van der Waals surface area contributed by atoms with E-state index in [4.69, 9.17) is 9.47 Å². The average Bonchev–Trinajstić information content (AvgIpc) is 2.09. The Morgan fingerprint density at radius 3 is 2.50 bits per heavy atom. The van der Waals surface area contributed by atoms with Crippen LogP contribution in [0, 0.1) is 5.92 Å². The minimum atomic E-state index is -0.194. The Hall–Kier alpha value is -0.410. The van der Waals surface area contributed by atoms with Crippen LogP contribution in [0.15, 0.2) is 0 Å². The molecule has 0 amide bonds. The third-order valence-electron chi connectivity index (χ3n) is 2.21. The van der Waals surface area contributed by atoms with Gasteiger partial charge < -0.3 is 14.3 Å². The third-order valence-corrected chi connectivity index (χ3v) is 2.21. The van der Waals surface area contributed by atoms with Crippen LogP contribution in [0.1, 0.15) is 27.2 Å². The first-order chi connectivity index (χ1) is 5.63. The lowest BCUT2D eigenvalue weighted by Crippen LogP contribution is -2.23. The molecule has 12 heavy (non-hydrogen) atoms. The SMILES string of the molecule is CC1CC(C=O)C(C)OC(C)O1. The van der Waals surface area contributed by atoms with Crippen LogP contribution < -0.4 is 0 Å². The molecule has 1 aliphatic heterocycles. The molecule has 0 N–H and O–H groups in total. The molecule has 0 aromatic carbocycles. The van der Waals surface area contributed by atoms with E-state index in [0.29, 0.717) is 0 Å². The average molecular weight is 172 g/mol. The van der Waals surface area contributed by atoms with Crippen molar-refractivity contribution in [1.82, 2.24) is 0 Å². The Morgan fingerprint density at radius 2 is 1.92 bits per heavy atom. The second kappa shape index (κ2) is 4.01. The number of hydrogen-bond donors (Lipinski definition) is 0. The van der Waals surface area contributed by atoms with Crippen LogP contribution in [0.4, 0.5) is 0 Å². The van der Waals surface area contributed by atoms with Gasteiger partial charge in [-0.3, -0.25) is 0 Å². The molecule has 1 rings (SSSR count). The molecular formula is C9H16O3. The van der Waals surface area contributed by atoms with Gasteiger partial charge in [0.25, 0.3) is 0 Å². The number of aldehydes is 1. The van der Waals surface area contributed by atoms with Crippen molar-refractivity contribution in [2.24, 2.45) is 5.92 Å². The topological polar surface area (TPSA) is 35.5 Å². The first-order valence-corrected chi connectivity index (χ1v) is 4.39. The van der Waals surface area contributed by atoms with E-state index in [1.807, 2.05) is 20.8 Å². The summed E-state index contributed by atoms with van der Waals surface area (Å²) in [6, 6.07) is 0. The van der Waals surface area contributed by atoms with Crippen LogP contribution >= 0.6 is 0 Å². The molecule has 3 heteroatoms. The molecule has 4 unspecified atom stereocenters. The molecule has 1 heterocycles. The van der Waals surface area contributed by atoms with Crippen molar-refractivity contribution in [3.63, 3.8) is 0 Å². The highest BCUT2D eigenvalue weighted by atomic mass is 16.7. The van der Waals surface area contributed by atoms with Crippen LogP contribution in [0.3, 0.4) is 0 Å².